The molecule has 0 aromatic rings. The van der Waals surface area contributed by atoms with Crippen molar-refractivity contribution in [2.24, 2.45) is 34.5 Å². The van der Waals surface area contributed by atoms with Crippen molar-refractivity contribution in [3.05, 3.63) is 36.5 Å². The van der Waals surface area contributed by atoms with Crippen LogP contribution in [0.15, 0.2) is 36.5 Å². The van der Waals surface area contributed by atoms with Crippen LogP contribution in [0.5, 0.6) is 0 Å². The summed E-state index contributed by atoms with van der Waals surface area (Å²) in [5.74, 6) is 2.72. The van der Waals surface area contributed by atoms with Gasteiger partial charge >= 0.3 is 0 Å². The lowest BCUT2D eigenvalue weighted by molar-refractivity contribution is -0.132. The van der Waals surface area contributed by atoms with Crippen LogP contribution >= 0.6 is 0 Å². The highest BCUT2D eigenvalue weighted by molar-refractivity contribution is 6.01. The number of rotatable bonds is 2. The highest BCUT2D eigenvalue weighted by Gasteiger charge is 2.59. The molecule has 0 radical (unpaired) electrons. The van der Waals surface area contributed by atoms with Crippen LogP contribution in [0.3, 0.4) is 0 Å². The van der Waals surface area contributed by atoms with Gasteiger partial charge in [-0.25, -0.2) is 0 Å². The molecule has 0 aromatic carbocycles. The van der Waals surface area contributed by atoms with Gasteiger partial charge in [0.15, 0.2) is 5.78 Å². The van der Waals surface area contributed by atoms with Crippen molar-refractivity contribution in [1.29, 1.82) is 0 Å². The molecule has 24 heavy (non-hydrogen) atoms. The van der Waals surface area contributed by atoms with E-state index >= 15 is 0 Å². The molecular weight excluding hydrogens is 296 g/mol. The van der Waals surface area contributed by atoms with Gasteiger partial charge in [-0.05, 0) is 67.9 Å². The molecule has 4 aliphatic carbocycles. The molecule has 0 unspecified atom stereocenters. The van der Waals surface area contributed by atoms with Crippen molar-refractivity contribution in [3.63, 3.8) is 0 Å². The summed E-state index contributed by atoms with van der Waals surface area (Å²) in [5, 5.41) is 0. The van der Waals surface area contributed by atoms with Gasteiger partial charge in [-0.2, -0.15) is 0 Å². The maximum absolute atomic E-state index is 12.5. The molecule has 0 bridgehead atoms. The molecule has 3 fully saturated rings. The van der Waals surface area contributed by atoms with Gasteiger partial charge in [0.25, 0.3) is 0 Å². The Morgan fingerprint density at radius 1 is 1.25 bits per heavy atom. The molecule has 3 saturated carbocycles. The second-order valence-electron chi connectivity index (χ2n) is 8.87. The Kier molecular flexibility index (Phi) is 3.53. The number of ketones is 2. The molecule has 6 atom stereocenters. The van der Waals surface area contributed by atoms with Crippen LogP contribution in [0.4, 0.5) is 0 Å². The summed E-state index contributed by atoms with van der Waals surface area (Å²) in [6, 6.07) is 0. The Labute approximate surface area is 145 Å². The van der Waals surface area contributed by atoms with Crippen molar-refractivity contribution < 1.29 is 9.59 Å². The van der Waals surface area contributed by atoms with Crippen LogP contribution < -0.4 is 0 Å². The fraction of sp³-hybridized carbons (Fsp3) is 0.636. The number of allylic oxidation sites excluding steroid dienone is 5. The van der Waals surface area contributed by atoms with E-state index in [-0.39, 0.29) is 16.6 Å². The van der Waals surface area contributed by atoms with E-state index in [1.165, 1.54) is 5.57 Å². The molecule has 2 heteroatoms. The molecule has 4 rings (SSSR count). The first kappa shape index (κ1) is 16.1. The lowest BCUT2D eigenvalue weighted by Crippen LogP contribution is -2.51. The monoisotopic (exact) mass is 324 g/mol. The first-order valence-electron chi connectivity index (χ1n) is 9.49. The van der Waals surface area contributed by atoms with Gasteiger partial charge in [-0.3, -0.25) is 9.59 Å². The maximum atomic E-state index is 12.5. The van der Waals surface area contributed by atoms with Crippen LogP contribution in [0, 0.1) is 34.5 Å². The first-order valence-corrected chi connectivity index (χ1v) is 9.49. The molecule has 0 amide bonds. The van der Waals surface area contributed by atoms with Gasteiger partial charge < -0.3 is 0 Å². The fourth-order valence-corrected chi connectivity index (χ4v) is 6.62. The predicted molar refractivity (Wildman–Crippen MR) is 95.3 cm³/mol. The zero-order valence-electron chi connectivity index (χ0n) is 14.9. The quantitative estimate of drug-likeness (QED) is 0.692. The van der Waals surface area contributed by atoms with Gasteiger partial charge in [0.05, 0.1) is 0 Å². The van der Waals surface area contributed by atoms with Crippen LogP contribution in [-0.2, 0) is 9.59 Å². The zero-order valence-corrected chi connectivity index (χ0v) is 14.9. The van der Waals surface area contributed by atoms with Crippen molar-refractivity contribution in [2.45, 2.75) is 52.4 Å². The summed E-state index contributed by atoms with van der Waals surface area (Å²) in [6.07, 6.45) is 13.9. The van der Waals surface area contributed by atoms with Crippen LogP contribution in [-0.4, -0.2) is 11.6 Å². The lowest BCUT2D eigenvalue weighted by Gasteiger charge is -2.57. The summed E-state index contributed by atoms with van der Waals surface area (Å²) >= 11 is 0. The molecule has 0 aliphatic heterocycles. The van der Waals surface area contributed by atoms with Gasteiger partial charge in [-0.15, -0.1) is 6.58 Å². The molecular formula is C22H28O2. The standard InChI is InChI=1S/C22H28O2/c1-4-5-14-12-16-17-6-7-20(24)22(17,3)11-9-18(16)21(2)10-8-15(23)13-19(14)21/h4,8,10,13-14,16-18H,1,5-7,9,11-12H2,2-3H3/t14-,16-,17-,18-,21+,22-/m0/s1. The number of carbonyl (C=O) groups is 2. The van der Waals surface area contributed by atoms with Crippen molar-refractivity contribution in [3.8, 4) is 0 Å². The Balaban J connectivity index is 1.77. The third kappa shape index (κ3) is 2.01. The number of fused-ring (bicyclic) bond motifs is 5. The number of carbonyl (C=O) groups excluding carboxylic acids is 2. The summed E-state index contributed by atoms with van der Waals surface area (Å²) < 4.78 is 0. The number of hydrogen-bond donors (Lipinski definition) is 0. The highest BCUT2D eigenvalue weighted by Crippen LogP contribution is 2.64. The molecule has 0 N–H and O–H groups in total. The van der Waals surface area contributed by atoms with Gasteiger partial charge in [-0.1, -0.05) is 31.6 Å². The molecule has 128 valence electrons. The number of hydrogen-bond acceptors (Lipinski definition) is 2. The topological polar surface area (TPSA) is 34.1 Å². The van der Waals surface area contributed by atoms with E-state index in [0.29, 0.717) is 29.5 Å². The average molecular weight is 324 g/mol. The molecule has 0 spiro atoms. The maximum Gasteiger partial charge on any atom is 0.178 e. The largest absolute Gasteiger partial charge is 0.299 e. The van der Waals surface area contributed by atoms with E-state index in [9.17, 15) is 9.59 Å². The van der Waals surface area contributed by atoms with Crippen LogP contribution in [0.2, 0.25) is 0 Å². The molecule has 0 heterocycles. The third-order valence-corrected chi connectivity index (χ3v) is 7.88. The summed E-state index contributed by atoms with van der Waals surface area (Å²) in [4.78, 5) is 24.5. The summed E-state index contributed by atoms with van der Waals surface area (Å²) in [7, 11) is 0. The van der Waals surface area contributed by atoms with Crippen molar-refractivity contribution in [2.75, 3.05) is 0 Å². The normalized spacial score (nSPS) is 46.8. The Bertz CT molecular complexity index is 669. The Morgan fingerprint density at radius 2 is 2.04 bits per heavy atom. The van der Waals surface area contributed by atoms with E-state index < -0.39 is 0 Å². The van der Waals surface area contributed by atoms with E-state index in [2.05, 4.69) is 26.5 Å². The highest BCUT2D eigenvalue weighted by atomic mass is 16.1. The predicted octanol–water partition coefficient (Wildman–Crippen LogP) is 4.67. The SMILES string of the molecule is C=CC[C@H]1C[C@@H]2[C@H](CC[C@]3(C)C(=O)CC[C@@H]23)[C@@]2(C)C=CC(=O)C=C12. The van der Waals surface area contributed by atoms with E-state index in [1.54, 1.807) is 6.08 Å². The minimum absolute atomic E-state index is 0.0164. The lowest BCUT2D eigenvalue weighted by atomic mass is 9.46. The average Bonchev–Trinajstić information content (AvgIpc) is 2.85. The number of Topliss-reactive ketones (excluding diaryl/α,β-unsaturated/α-hetero) is 1. The fourth-order valence-electron chi connectivity index (χ4n) is 6.62. The van der Waals surface area contributed by atoms with Crippen molar-refractivity contribution in [1.82, 2.24) is 0 Å². The van der Waals surface area contributed by atoms with Gasteiger partial charge in [0.2, 0.25) is 0 Å². The molecule has 0 saturated heterocycles. The summed E-state index contributed by atoms with van der Waals surface area (Å²) in [5.41, 5.74) is 1.22. The van der Waals surface area contributed by atoms with Crippen LogP contribution in [0.1, 0.15) is 52.4 Å². The van der Waals surface area contributed by atoms with Gasteiger partial charge in [0.1, 0.15) is 5.78 Å². The van der Waals surface area contributed by atoms with E-state index in [4.69, 9.17) is 0 Å². The molecule has 2 nitrogen and oxygen atoms in total. The first-order chi connectivity index (χ1) is 11.4. The minimum atomic E-state index is -0.0916. The summed E-state index contributed by atoms with van der Waals surface area (Å²) in [6.45, 7) is 8.50. The zero-order chi connectivity index (χ0) is 17.1. The Hall–Kier alpha value is -1.44. The van der Waals surface area contributed by atoms with Crippen LogP contribution in [0.25, 0.3) is 0 Å². The molecule has 4 aliphatic rings. The van der Waals surface area contributed by atoms with E-state index in [1.807, 2.05) is 12.2 Å². The van der Waals surface area contributed by atoms with Gasteiger partial charge in [0, 0.05) is 17.3 Å². The van der Waals surface area contributed by atoms with E-state index in [0.717, 1.165) is 38.5 Å². The second-order valence-corrected chi connectivity index (χ2v) is 8.87. The molecule has 0 aromatic heterocycles. The smallest absolute Gasteiger partial charge is 0.178 e. The second kappa shape index (κ2) is 5.28. The van der Waals surface area contributed by atoms with Crippen molar-refractivity contribution >= 4 is 11.6 Å². The Morgan fingerprint density at radius 3 is 2.79 bits per heavy atom. The third-order valence-electron chi connectivity index (χ3n) is 7.88. The minimum Gasteiger partial charge on any atom is -0.299 e.